The quantitative estimate of drug-likeness (QED) is 0.221. The fraction of sp³-hybridized carbons (Fsp3) is 0.444. The van der Waals surface area contributed by atoms with E-state index in [0.29, 0.717) is 0 Å². The summed E-state index contributed by atoms with van der Waals surface area (Å²) in [7, 11) is -4.41. The minimum Gasteiger partial charge on any atom is -0.459 e. The van der Waals surface area contributed by atoms with E-state index in [9.17, 15) is 33.2 Å². The Morgan fingerprint density at radius 3 is 2.23 bits per heavy atom. The summed E-state index contributed by atoms with van der Waals surface area (Å²) in [5, 5.41) is 23.2. The lowest BCUT2D eigenvalue weighted by molar-refractivity contribution is -0.384. The van der Waals surface area contributed by atoms with Gasteiger partial charge in [-0.15, -0.1) is 6.42 Å². The van der Waals surface area contributed by atoms with Crippen molar-refractivity contribution in [2.45, 2.75) is 49.8 Å². The van der Waals surface area contributed by atoms with Gasteiger partial charge in [0.05, 0.1) is 9.82 Å². The number of ether oxygens (including phenoxy) is 1. The first kappa shape index (κ1) is 25.0. The van der Waals surface area contributed by atoms with E-state index in [2.05, 4.69) is 5.32 Å². The van der Waals surface area contributed by atoms with Crippen LogP contribution in [0.3, 0.4) is 0 Å². The fourth-order valence-corrected chi connectivity index (χ4v) is 3.39. The molecule has 11 nitrogen and oxygen atoms in total. The molecule has 3 N–H and O–H groups in total. The molecule has 1 rings (SSSR count). The molecule has 0 aromatic heterocycles. The van der Waals surface area contributed by atoms with Gasteiger partial charge in [0.15, 0.2) is 0 Å². The number of hydrogen-bond acceptors (Lipinski definition) is 8. The predicted octanol–water partition coefficient (Wildman–Crippen LogP) is 0.0838. The van der Waals surface area contributed by atoms with Crippen molar-refractivity contribution < 1.29 is 32.8 Å². The Kier molecular flexibility index (Phi) is 7.68. The van der Waals surface area contributed by atoms with Crippen molar-refractivity contribution >= 4 is 27.6 Å². The largest absolute Gasteiger partial charge is 0.459 e. The van der Waals surface area contributed by atoms with Crippen LogP contribution in [0, 0.1) is 22.5 Å². The van der Waals surface area contributed by atoms with E-state index < -0.39 is 55.5 Å². The number of sulfonamides is 1. The van der Waals surface area contributed by atoms with Crippen molar-refractivity contribution in [3.8, 4) is 12.3 Å². The lowest BCUT2D eigenvalue weighted by atomic mass is 9.98. The zero-order valence-electron chi connectivity index (χ0n) is 16.8. The van der Waals surface area contributed by atoms with Crippen LogP contribution in [0.5, 0.6) is 0 Å². The summed E-state index contributed by atoms with van der Waals surface area (Å²) in [6.45, 7) is 5.31. The number of rotatable bonds is 8. The molecule has 30 heavy (non-hydrogen) atoms. The molecule has 0 heterocycles. The third-order valence-corrected chi connectivity index (χ3v) is 5.01. The van der Waals surface area contributed by atoms with Gasteiger partial charge < -0.3 is 15.2 Å². The lowest BCUT2D eigenvalue weighted by Gasteiger charge is -2.28. The Labute approximate surface area is 174 Å². The normalized spacial score (nSPS) is 14.7. The summed E-state index contributed by atoms with van der Waals surface area (Å²) in [5.74, 6) is 0.0498. The number of nitrogens with one attached hydrogen (secondary N) is 2. The van der Waals surface area contributed by atoms with Gasteiger partial charge in [-0.05, 0) is 39.8 Å². The number of carbonyl (C=O) groups is 2. The number of aliphatic hydroxyl groups is 1. The third-order valence-electron chi connectivity index (χ3n) is 3.57. The number of esters is 1. The van der Waals surface area contributed by atoms with Crippen molar-refractivity contribution in [3.63, 3.8) is 0 Å². The second-order valence-corrected chi connectivity index (χ2v) is 9.12. The number of nitrogens with zero attached hydrogens (tertiary/aromatic N) is 1. The van der Waals surface area contributed by atoms with Crippen LogP contribution in [0.4, 0.5) is 5.69 Å². The molecule has 0 aliphatic carbocycles. The number of hydrogen-bond donors (Lipinski definition) is 3. The van der Waals surface area contributed by atoms with E-state index >= 15 is 0 Å². The first-order valence-electron chi connectivity index (χ1n) is 8.55. The maximum atomic E-state index is 12.6. The highest BCUT2D eigenvalue weighted by Crippen LogP contribution is 2.18. The fourth-order valence-electron chi connectivity index (χ4n) is 2.12. The number of amides is 1. The molecule has 0 aliphatic heterocycles. The van der Waals surface area contributed by atoms with E-state index in [0.717, 1.165) is 31.2 Å². The molecule has 0 bridgehead atoms. The lowest BCUT2D eigenvalue weighted by Crippen LogP contribution is -2.58. The molecule has 0 saturated heterocycles. The number of nitro groups is 1. The smallest absolute Gasteiger partial charge is 0.325 e. The molecule has 0 spiro atoms. The highest BCUT2D eigenvalue weighted by Gasteiger charge is 2.39. The third kappa shape index (κ3) is 7.11. The maximum Gasteiger partial charge on any atom is 0.325 e. The standard InChI is InChI=1S/C18H23N3O8S/c1-6-18(5,24)15(16(23)19-11-14(22)29-17(2,3)4)20-30(27,28)13-9-7-12(8-10-13)21(25)26/h1,7-10,15,20,24H,11H2,2-5H3,(H,19,23)/t15-,18-/m1/s1. The highest BCUT2D eigenvalue weighted by molar-refractivity contribution is 7.89. The summed E-state index contributed by atoms with van der Waals surface area (Å²) < 4.78 is 32.2. The molecule has 0 aliphatic rings. The Morgan fingerprint density at radius 1 is 1.27 bits per heavy atom. The summed E-state index contributed by atoms with van der Waals surface area (Å²) >= 11 is 0. The highest BCUT2D eigenvalue weighted by atomic mass is 32.2. The first-order chi connectivity index (χ1) is 13.6. The number of nitro benzene ring substituents is 1. The zero-order valence-corrected chi connectivity index (χ0v) is 17.6. The Balaban J connectivity index is 3.06. The molecule has 2 atom stereocenters. The van der Waals surface area contributed by atoms with Crippen LogP contribution in [0.15, 0.2) is 29.2 Å². The van der Waals surface area contributed by atoms with Crippen molar-refractivity contribution in [2.75, 3.05) is 6.54 Å². The van der Waals surface area contributed by atoms with Gasteiger partial charge in [-0.25, -0.2) is 8.42 Å². The summed E-state index contributed by atoms with van der Waals surface area (Å²) in [4.78, 5) is 33.8. The van der Waals surface area contributed by atoms with Crippen LogP contribution in [0.1, 0.15) is 27.7 Å². The molecule has 1 aromatic rings. The van der Waals surface area contributed by atoms with Crippen LogP contribution < -0.4 is 10.0 Å². The first-order valence-corrected chi connectivity index (χ1v) is 10.0. The van der Waals surface area contributed by atoms with E-state index in [1.165, 1.54) is 0 Å². The Hall–Kier alpha value is -3.01. The molecule has 0 unspecified atom stereocenters. The molecule has 1 aromatic carbocycles. The van der Waals surface area contributed by atoms with Crippen molar-refractivity contribution in [2.24, 2.45) is 0 Å². The summed E-state index contributed by atoms with van der Waals surface area (Å²) in [6.07, 6.45) is 5.21. The van der Waals surface area contributed by atoms with Crippen LogP contribution in [-0.2, 0) is 24.3 Å². The van der Waals surface area contributed by atoms with Gasteiger partial charge in [0.25, 0.3) is 5.69 Å². The average molecular weight is 441 g/mol. The van der Waals surface area contributed by atoms with E-state index in [1.807, 2.05) is 10.6 Å². The topological polar surface area (TPSA) is 165 Å². The molecular formula is C18H23N3O8S. The second kappa shape index (κ2) is 9.21. The van der Waals surface area contributed by atoms with Gasteiger partial charge in [-0.3, -0.25) is 19.7 Å². The van der Waals surface area contributed by atoms with Gasteiger partial charge in [0.2, 0.25) is 15.9 Å². The van der Waals surface area contributed by atoms with Gasteiger partial charge in [-0.2, -0.15) is 4.72 Å². The number of carbonyl (C=O) groups excluding carboxylic acids is 2. The summed E-state index contributed by atoms with van der Waals surface area (Å²) in [6, 6.07) is 1.98. The van der Waals surface area contributed by atoms with Crippen LogP contribution in [0.2, 0.25) is 0 Å². The molecule has 0 radical (unpaired) electrons. The van der Waals surface area contributed by atoms with Crippen LogP contribution >= 0.6 is 0 Å². The molecule has 1 amide bonds. The van der Waals surface area contributed by atoms with Gasteiger partial charge in [-0.1, -0.05) is 5.92 Å². The Bertz CT molecular complexity index is 957. The monoisotopic (exact) mass is 441 g/mol. The van der Waals surface area contributed by atoms with Crippen molar-refractivity contribution in [1.82, 2.24) is 10.0 Å². The molecular weight excluding hydrogens is 418 g/mol. The second-order valence-electron chi connectivity index (χ2n) is 7.40. The van der Waals surface area contributed by atoms with E-state index in [1.54, 1.807) is 20.8 Å². The zero-order chi connectivity index (χ0) is 23.3. The van der Waals surface area contributed by atoms with E-state index in [4.69, 9.17) is 11.2 Å². The predicted molar refractivity (Wildman–Crippen MR) is 106 cm³/mol. The maximum absolute atomic E-state index is 12.6. The molecule has 12 heteroatoms. The summed E-state index contributed by atoms with van der Waals surface area (Å²) in [5.41, 5.74) is -3.40. The van der Waals surface area contributed by atoms with Gasteiger partial charge in [0.1, 0.15) is 23.8 Å². The molecule has 0 fully saturated rings. The van der Waals surface area contributed by atoms with Crippen LogP contribution in [0.25, 0.3) is 0 Å². The molecule has 0 saturated carbocycles. The number of benzene rings is 1. The van der Waals surface area contributed by atoms with Gasteiger partial charge in [0, 0.05) is 12.1 Å². The average Bonchev–Trinajstić information content (AvgIpc) is 2.62. The molecule has 164 valence electrons. The minimum absolute atomic E-state index is 0.337. The van der Waals surface area contributed by atoms with Crippen molar-refractivity contribution in [1.29, 1.82) is 0 Å². The van der Waals surface area contributed by atoms with Crippen LogP contribution in [-0.4, -0.2) is 54.1 Å². The number of non-ortho nitro benzene ring substituents is 1. The van der Waals surface area contributed by atoms with Gasteiger partial charge >= 0.3 is 5.97 Å². The minimum atomic E-state index is -4.41. The Morgan fingerprint density at radius 2 is 1.80 bits per heavy atom. The number of terminal acetylenes is 1. The van der Waals surface area contributed by atoms with Crippen molar-refractivity contribution in [3.05, 3.63) is 34.4 Å². The SMILES string of the molecule is C#C[C@@](C)(O)[C@H](NS(=O)(=O)c1ccc([N+](=O)[O-])cc1)C(=O)NCC(=O)OC(C)(C)C. The van der Waals surface area contributed by atoms with E-state index in [-0.39, 0.29) is 5.69 Å².